The van der Waals surface area contributed by atoms with Crippen molar-refractivity contribution in [3.05, 3.63) is 71.9 Å². The Morgan fingerprint density at radius 1 is 1.27 bits per heavy atom. The predicted octanol–water partition coefficient (Wildman–Crippen LogP) is 2.60. The Morgan fingerprint density at radius 2 is 2.12 bits per heavy atom. The first-order valence-electron chi connectivity index (χ1n) is 8.36. The van der Waals surface area contributed by atoms with Gasteiger partial charge in [-0.05, 0) is 42.3 Å². The fourth-order valence-corrected chi connectivity index (χ4v) is 2.92. The molecule has 1 atom stereocenters. The van der Waals surface area contributed by atoms with E-state index in [4.69, 9.17) is 4.74 Å². The Labute approximate surface area is 149 Å². The summed E-state index contributed by atoms with van der Waals surface area (Å²) in [6.07, 6.45) is 5.83. The smallest absolute Gasteiger partial charge is 0.266 e. The van der Waals surface area contributed by atoms with Crippen LogP contribution in [0.1, 0.15) is 11.1 Å². The Bertz CT molecular complexity index is 926. The van der Waals surface area contributed by atoms with Gasteiger partial charge in [0, 0.05) is 43.2 Å². The molecule has 0 spiro atoms. The van der Waals surface area contributed by atoms with E-state index in [0.717, 1.165) is 6.42 Å². The predicted molar refractivity (Wildman–Crippen MR) is 93.3 cm³/mol. The minimum absolute atomic E-state index is 0.291. The minimum atomic E-state index is -0.672. The second-order valence-corrected chi connectivity index (χ2v) is 6.12. The van der Waals surface area contributed by atoms with Gasteiger partial charge in [0.05, 0.1) is 0 Å². The number of rotatable bonds is 5. The molecule has 0 aliphatic carbocycles. The van der Waals surface area contributed by atoms with Crippen molar-refractivity contribution in [3.8, 4) is 5.75 Å². The zero-order chi connectivity index (χ0) is 17.9. The second-order valence-electron chi connectivity index (χ2n) is 6.12. The molecule has 7 heteroatoms. The van der Waals surface area contributed by atoms with Gasteiger partial charge in [-0.25, -0.2) is 4.39 Å². The average molecular weight is 352 g/mol. The molecule has 0 saturated heterocycles. The maximum atomic E-state index is 13.3. The third kappa shape index (κ3) is 3.56. The molecule has 0 radical (unpaired) electrons. The lowest BCUT2D eigenvalue weighted by molar-refractivity contribution is -0.122. The number of pyridine rings is 1. The first kappa shape index (κ1) is 16.3. The lowest BCUT2D eigenvalue weighted by atomic mass is 10.1. The highest BCUT2D eigenvalue weighted by Crippen LogP contribution is 2.29. The van der Waals surface area contributed by atoms with Gasteiger partial charge in [-0.3, -0.25) is 14.5 Å². The monoisotopic (exact) mass is 352 g/mol. The molecule has 1 aliphatic heterocycles. The summed E-state index contributed by atoms with van der Waals surface area (Å²) in [6, 6.07) is 9.94. The van der Waals surface area contributed by atoms with Crippen molar-refractivity contribution >= 4 is 11.7 Å². The zero-order valence-corrected chi connectivity index (χ0v) is 13.9. The largest absolute Gasteiger partial charge is 0.480 e. The van der Waals surface area contributed by atoms with Gasteiger partial charge >= 0.3 is 0 Å². The first-order valence-corrected chi connectivity index (χ1v) is 8.36. The van der Waals surface area contributed by atoms with Crippen LogP contribution in [0, 0.1) is 5.82 Å². The molecule has 0 saturated carbocycles. The van der Waals surface area contributed by atoms with E-state index in [-0.39, 0.29) is 11.7 Å². The maximum Gasteiger partial charge on any atom is 0.266 e. The number of fused-ring (bicyclic) bond motifs is 1. The van der Waals surface area contributed by atoms with Crippen molar-refractivity contribution in [2.45, 2.75) is 25.5 Å². The molecule has 2 aromatic heterocycles. The number of hydrogen-bond donors (Lipinski definition) is 1. The fraction of sp³-hybridized carbons (Fsp3) is 0.211. The van der Waals surface area contributed by atoms with Gasteiger partial charge in [-0.2, -0.15) is 5.10 Å². The van der Waals surface area contributed by atoms with E-state index in [0.29, 0.717) is 30.1 Å². The average Bonchev–Trinajstić information content (AvgIpc) is 3.27. The molecule has 0 bridgehead atoms. The first-order chi connectivity index (χ1) is 12.7. The molecule has 132 valence electrons. The van der Waals surface area contributed by atoms with Crippen molar-refractivity contribution < 1.29 is 13.9 Å². The van der Waals surface area contributed by atoms with Crippen LogP contribution in [0.3, 0.4) is 0 Å². The van der Waals surface area contributed by atoms with Gasteiger partial charge in [-0.15, -0.1) is 0 Å². The molecule has 1 unspecified atom stereocenters. The summed E-state index contributed by atoms with van der Waals surface area (Å²) in [6.45, 7) is 0.699. The van der Waals surface area contributed by atoms with Gasteiger partial charge in [0.25, 0.3) is 5.91 Å². The van der Waals surface area contributed by atoms with Gasteiger partial charge < -0.3 is 10.1 Å². The second kappa shape index (κ2) is 6.95. The molecule has 1 aliphatic rings. The SMILES string of the molecule is O=C(Nc1ccn(CCc2ccncc2)n1)C1Cc2cc(F)ccc2O1. The molecular weight excluding hydrogens is 335 g/mol. The van der Waals surface area contributed by atoms with E-state index < -0.39 is 6.10 Å². The summed E-state index contributed by atoms with van der Waals surface area (Å²) in [5.41, 5.74) is 1.87. The molecule has 1 N–H and O–H groups in total. The van der Waals surface area contributed by atoms with Crippen molar-refractivity contribution in [2.75, 3.05) is 5.32 Å². The third-order valence-electron chi connectivity index (χ3n) is 4.26. The number of ether oxygens (including phenoxy) is 1. The highest BCUT2D eigenvalue weighted by atomic mass is 19.1. The fourth-order valence-electron chi connectivity index (χ4n) is 2.92. The number of amides is 1. The lowest BCUT2D eigenvalue weighted by Crippen LogP contribution is -2.31. The lowest BCUT2D eigenvalue weighted by Gasteiger charge is -2.09. The molecule has 26 heavy (non-hydrogen) atoms. The molecule has 3 heterocycles. The van der Waals surface area contributed by atoms with Crippen LogP contribution in [0.25, 0.3) is 0 Å². The van der Waals surface area contributed by atoms with Crippen LogP contribution < -0.4 is 10.1 Å². The van der Waals surface area contributed by atoms with Crippen LogP contribution in [0.15, 0.2) is 55.0 Å². The third-order valence-corrected chi connectivity index (χ3v) is 4.26. The number of benzene rings is 1. The van der Waals surface area contributed by atoms with Gasteiger partial charge in [0.2, 0.25) is 0 Å². The van der Waals surface area contributed by atoms with Crippen molar-refractivity contribution in [2.24, 2.45) is 0 Å². The number of halogens is 1. The number of carbonyl (C=O) groups excluding carboxylic acids is 1. The van der Waals surface area contributed by atoms with Crippen LogP contribution in [0.2, 0.25) is 0 Å². The van der Waals surface area contributed by atoms with E-state index in [9.17, 15) is 9.18 Å². The molecule has 3 aromatic rings. The molecular formula is C19H17FN4O2. The van der Waals surface area contributed by atoms with E-state index >= 15 is 0 Å². The molecule has 0 fully saturated rings. The topological polar surface area (TPSA) is 69.0 Å². The Morgan fingerprint density at radius 3 is 2.96 bits per heavy atom. The number of aromatic nitrogens is 3. The number of hydrogen-bond acceptors (Lipinski definition) is 4. The summed E-state index contributed by atoms with van der Waals surface area (Å²) in [7, 11) is 0. The molecule has 4 rings (SSSR count). The standard InChI is InChI=1S/C19H17FN4O2/c20-15-1-2-16-14(11-15)12-17(26-16)19(25)22-18-6-10-24(23-18)9-5-13-3-7-21-8-4-13/h1-4,6-8,10-11,17H,5,9,12H2,(H,22,23,25). The van der Waals surface area contributed by atoms with Gasteiger partial charge in [-0.1, -0.05) is 0 Å². The molecule has 6 nitrogen and oxygen atoms in total. The Balaban J connectivity index is 1.33. The quantitative estimate of drug-likeness (QED) is 0.766. The van der Waals surface area contributed by atoms with E-state index in [1.54, 1.807) is 29.2 Å². The normalized spacial score (nSPS) is 15.3. The number of carbonyl (C=O) groups is 1. The number of aryl methyl sites for hydroxylation is 2. The van der Waals surface area contributed by atoms with Crippen LogP contribution in [0.4, 0.5) is 10.2 Å². The summed E-state index contributed by atoms with van der Waals surface area (Å²) in [5, 5.41) is 7.11. The maximum absolute atomic E-state index is 13.3. The summed E-state index contributed by atoms with van der Waals surface area (Å²) in [5.74, 6) is 0.396. The van der Waals surface area contributed by atoms with Crippen molar-refractivity contribution in [1.29, 1.82) is 0 Å². The van der Waals surface area contributed by atoms with Crippen LogP contribution in [-0.4, -0.2) is 26.8 Å². The number of nitrogens with one attached hydrogen (secondary N) is 1. The van der Waals surface area contributed by atoms with Crippen LogP contribution in [-0.2, 0) is 24.2 Å². The number of anilines is 1. The minimum Gasteiger partial charge on any atom is -0.480 e. The highest BCUT2D eigenvalue weighted by Gasteiger charge is 2.29. The summed E-state index contributed by atoms with van der Waals surface area (Å²) >= 11 is 0. The number of nitrogens with zero attached hydrogens (tertiary/aromatic N) is 3. The van der Waals surface area contributed by atoms with Crippen LogP contribution in [0.5, 0.6) is 5.75 Å². The van der Waals surface area contributed by atoms with Gasteiger partial charge in [0.1, 0.15) is 11.6 Å². The van der Waals surface area contributed by atoms with E-state index in [2.05, 4.69) is 15.4 Å². The van der Waals surface area contributed by atoms with Crippen LogP contribution >= 0.6 is 0 Å². The van der Waals surface area contributed by atoms with E-state index in [1.807, 2.05) is 18.3 Å². The van der Waals surface area contributed by atoms with Crippen molar-refractivity contribution in [1.82, 2.24) is 14.8 Å². The zero-order valence-electron chi connectivity index (χ0n) is 13.9. The van der Waals surface area contributed by atoms with Crippen molar-refractivity contribution in [3.63, 3.8) is 0 Å². The summed E-state index contributed by atoms with van der Waals surface area (Å²) in [4.78, 5) is 16.4. The van der Waals surface area contributed by atoms with E-state index in [1.165, 1.54) is 17.7 Å². The molecule has 1 amide bonds. The molecule has 1 aromatic carbocycles. The summed E-state index contributed by atoms with van der Waals surface area (Å²) < 4.78 is 20.6. The van der Waals surface area contributed by atoms with Gasteiger partial charge in [0.15, 0.2) is 11.9 Å². The Hall–Kier alpha value is -3.22. The highest BCUT2D eigenvalue weighted by molar-refractivity contribution is 5.94. The Kier molecular flexibility index (Phi) is 4.35.